The molecule has 1 heterocycles. The molecule has 0 saturated heterocycles. The van der Waals surface area contributed by atoms with Crippen molar-refractivity contribution in [2.75, 3.05) is 0 Å². The Hall–Kier alpha value is -0.890. The molecule has 4 fully saturated rings. The van der Waals surface area contributed by atoms with Gasteiger partial charge in [0.2, 0.25) is 0 Å². The molecule has 98 valence electrons. The third-order valence-corrected chi connectivity index (χ3v) is 7.07. The van der Waals surface area contributed by atoms with Crippen LogP contribution in [0.1, 0.15) is 43.5 Å². The Balaban J connectivity index is 1.64. The highest BCUT2D eigenvalue weighted by Gasteiger charge is 2.52. The Bertz CT molecular complexity index is 573. The van der Waals surface area contributed by atoms with Gasteiger partial charge in [0.25, 0.3) is 0 Å². The molecule has 2 aromatic rings. The number of nitrogens with zero attached hydrogens (tertiary/aromatic N) is 1. The summed E-state index contributed by atoms with van der Waals surface area (Å²) in [5, 5.41) is 1.47. The normalized spacial score (nSPS) is 40.1. The molecule has 6 rings (SSSR count). The topological polar surface area (TPSA) is 12.9 Å². The molecule has 0 unspecified atom stereocenters. The summed E-state index contributed by atoms with van der Waals surface area (Å²) >= 11 is 1.97. The molecule has 19 heavy (non-hydrogen) atoms. The van der Waals surface area contributed by atoms with Gasteiger partial charge in [0.05, 0.1) is 10.2 Å². The summed E-state index contributed by atoms with van der Waals surface area (Å²) in [5.41, 5.74) is 1.69. The van der Waals surface area contributed by atoms with Gasteiger partial charge in [0.1, 0.15) is 5.01 Å². The average molecular weight is 269 g/mol. The largest absolute Gasteiger partial charge is 0.241 e. The van der Waals surface area contributed by atoms with E-state index in [1.807, 2.05) is 11.3 Å². The highest BCUT2D eigenvalue weighted by atomic mass is 32.1. The maximum absolute atomic E-state index is 5.02. The highest BCUT2D eigenvalue weighted by molar-refractivity contribution is 7.18. The van der Waals surface area contributed by atoms with Crippen molar-refractivity contribution < 1.29 is 0 Å². The summed E-state index contributed by atoms with van der Waals surface area (Å²) in [6, 6.07) is 8.67. The number of rotatable bonds is 1. The Morgan fingerprint density at radius 2 is 1.58 bits per heavy atom. The molecular weight excluding hydrogens is 250 g/mol. The Morgan fingerprint density at radius 1 is 0.947 bits per heavy atom. The van der Waals surface area contributed by atoms with E-state index >= 15 is 0 Å². The van der Waals surface area contributed by atoms with Crippen LogP contribution in [0.4, 0.5) is 0 Å². The molecule has 2 heteroatoms. The molecule has 4 saturated carbocycles. The van der Waals surface area contributed by atoms with Gasteiger partial charge in [-0.3, -0.25) is 0 Å². The van der Waals surface area contributed by atoms with Gasteiger partial charge in [-0.1, -0.05) is 12.1 Å². The summed E-state index contributed by atoms with van der Waals surface area (Å²) in [7, 11) is 0. The molecule has 1 aromatic heterocycles. The number of para-hydroxylation sites is 1. The lowest BCUT2D eigenvalue weighted by molar-refractivity contribution is -0.00518. The average Bonchev–Trinajstić information content (AvgIpc) is 2.81. The lowest BCUT2D eigenvalue weighted by Gasteiger charge is -2.56. The van der Waals surface area contributed by atoms with Gasteiger partial charge in [-0.05, 0) is 68.4 Å². The lowest BCUT2D eigenvalue weighted by atomic mass is 9.50. The maximum atomic E-state index is 5.02. The van der Waals surface area contributed by atoms with E-state index in [1.165, 1.54) is 53.7 Å². The van der Waals surface area contributed by atoms with E-state index in [-0.39, 0.29) is 0 Å². The van der Waals surface area contributed by atoms with E-state index in [0.717, 1.165) is 17.8 Å². The van der Waals surface area contributed by atoms with Crippen LogP contribution in [0.3, 0.4) is 0 Å². The summed E-state index contributed by atoms with van der Waals surface area (Å²) in [5.74, 6) is 3.04. The minimum Gasteiger partial charge on any atom is -0.241 e. The van der Waals surface area contributed by atoms with Crippen molar-refractivity contribution in [1.82, 2.24) is 4.98 Å². The molecule has 0 spiro atoms. The van der Waals surface area contributed by atoms with Crippen LogP contribution in [0.5, 0.6) is 0 Å². The van der Waals surface area contributed by atoms with Crippen LogP contribution in [0.2, 0.25) is 0 Å². The van der Waals surface area contributed by atoms with E-state index in [4.69, 9.17) is 4.98 Å². The van der Waals surface area contributed by atoms with Crippen LogP contribution in [0.15, 0.2) is 24.3 Å². The number of hydrogen-bond donors (Lipinski definition) is 0. The van der Waals surface area contributed by atoms with Gasteiger partial charge in [0, 0.05) is 5.41 Å². The molecular formula is C17H19NS. The summed E-state index contributed by atoms with van der Waals surface area (Å²) < 4.78 is 1.38. The number of aromatic nitrogens is 1. The van der Waals surface area contributed by atoms with Crippen LogP contribution in [0.25, 0.3) is 10.2 Å². The molecule has 4 aliphatic rings. The van der Waals surface area contributed by atoms with Gasteiger partial charge in [-0.2, -0.15) is 0 Å². The first-order valence-electron chi connectivity index (χ1n) is 7.67. The Kier molecular flexibility index (Phi) is 2.06. The van der Waals surface area contributed by atoms with Crippen molar-refractivity contribution in [3.05, 3.63) is 29.3 Å². The second-order valence-corrected chi connectivity index (χ2v) is 8.22. The summed E-state index contributed by atoms with van der Waals surface area (Å²) in [6.45, 7) is 0. The zero-order valence-corrected chi connectivity index (χ0v) is 12.0. The predicted molar refractivity (Wildman–Crippen MR) is 79.5 cm³/mol. The van der Waals surface area contributed by atoms with Gasteiger partial charge >= 0.3 is 0 Å². The SMILES string of the molecule is c1ccc2sc(C34CC5CC(CC(C5)C3)C4)nc2c1. The molecule has 4 aliphatic carbocycles. The molecule has 0 atom stereocenters. The van der Waals surface area contributed by atoms with E-state index < -0.39 is 0 Å². The molecule has 1 aromatic carbocycles. The van der Waals surface area contributed by atoms with Gasteiger partial charge in [-0.25, -0.2) is 4.98 Å². The van der Waals surface area contributed by atoms with Crippen molar-refractivity contribution >= 4 is 21.6 Å². The molecule has 1 nitrogen and oxygen atoms in total. The highest BCUT2D eigenvalue weighted by Crippen LogP contribution is 2.61. The van der Waals surface area contributed by atoms with Crippen molar-refractivity contribution in [3.63, 3.8) is 0 Å². The molecule has 0 aliphatic heterocycles. The fraction of sp³-hybridized carbons (Fsp3) is 0.588. The van der Waals surface area contributed by atoms with E-state index in [2.05, 4.69) is 24.3 Å². The van der Waals surface area contributed by atoms with Crippen molar-refractivity contribution in [2.45, 2.75) is 43.9 Å². The Labute approximate surface area is 118 Å². The van der Waals surface area contributed by atoms with Crippen molar-refractivity contribution in [2.24, 2.45) is 17.8 Å². The first-order chi connectivity index (χ1) is 9.31. The Morgan fingerprint density at radius 3 is 2.21 bits per heavy atom. The minimum absolute atomic E-state index is 0.471. The van der Waals surface area contributed by atoms with E-state index in [1.54, 1.807) is 0 Å². The summed E-state index contributed by atoms with van der Waals surface area (Å²) in [4.78, 5) is 5.02. The molecule has 4 bridgehead atoms. The van der Waals surface area contributed by atoms with Gasteiger partial charge in [0.15, 0.2) is 0 Å². The van der Waals surface area contributed by atoms with Gasteiger partial charge < -0.3 is 0 Å². The quantitative estimate of drug-likeness (QED) is 0.727. The van der Waals surface area contributed by atoms with Crippen LogP contribution in [-0.4, -0.2) is 4.98 Å². The smallest absolute Gasteiger partial charge is 0.100 e. The zero-order chi connectivity index (χ0) is 12.4. The van der Waals surface area contributed by atoms with Crippen LogP contribution in [0, 0.1) is 17.8 Å². The lowest BCUT2D eigenvalue weighted by Crippen LogP contribution is -2.48. The third-order valence-electron chi connectivity index (χ3n) is 5.79. The van der Waals surface area contributed by atoms with E-state index in [9.17, 15) is 0 Å². The van der Waals surface area contributed by atoms with Crippen LogP contribution < -0.4 is 0 Å². The fourth-order valence-corrected chi connectivity index (χ4v) is 6.66. The molecule has 0 amide bonds. The van der Waals surface area contributed by atoms with Crippen LogP contribution in [-0.2, 0) is 5.41 Å². The first-order valence-corrected chi connectivity index (χ1v) is 8.48. The number of hydrogen-bond acceptors (Lipinski definition) is 2. The first kappa shape index (κ1) is 10.8. The number of fused-ring (bicyclic) bond motifs is 1. The maximum Gasteiger partial charge on any atom is 0.100 e. The standard InChI is InChI=1S/C17H19NS/c1-2-4-15-14(3-1)18-16(19-15)17-8-11-5-12(9-17)7-13(6-11)10-17/h1-4,11-13H,5-10H2. The second kappa shape index (κ2) is 3.60. The minimum atomic E-state index is 0.471. The monoisotopic (exact) mass is 269 g/mol. The summed E-state index contributed by atoms with van der Waals surface area (Å²) in [6.07, 6.45) is 8.84. The fourth-order valence-electron chi connectivity index (χ4n) is 5.47. The molecule has 0 radical (unpaired) electrons. The van der Waals surface area contributed by atoms with Crippen molar-refractivity contribution in [3.8, 4) is 0 Å². The van der Waals surface area contributed by atoms with E-state index in [0.29, 0.717) is 5.41 Å². The third kappa shape index (κ3) is 1.50. The second-order valence-electron chi connectivity index (χ2n) is 7.18. The number of benzene rings is 1. The number of thiazole rings is 1. The van der Waals surface area contributed by atoms with Crippen LogP contribution >= 0.6 is 11.3 Å². The molecule has 0 N–H and O–H groups in total. The predicted octanol–water partition coefficient (Wildman–Crippen LogP) is 4.76. The van der Waals surface area contributed by atoms with Gasteiger partial charge in [-0.15, -0.1) is 11.3 Å². The van der Waals surface area contributed by atoms with Crippen molar-refractivity contribution in [1.29, 1.82) is 0 Å². The zero-order valence-electron chi connectivity index (χ0n) is 11.1.